The van der Waals surface area contributed by atoms with Crippen LogP contribution in [0.2, 0.25) is 5.02 Å². The first-order valence-corrected chi connectivity index (χ1v) is 9.00. The first-order chi connectivity index (χ1) is 13.4. The first kappa shape index (κ1) is 19.8. The van der Waals surface area contributed by atoms with Crippen LogP contribution in [0.1, 0.15) is 29.7 Å². The standard InChI is InChI=1S/C21H18ClFN2O3/c22-16-5-1-14(2-6-16)20(13-21(26)15-3-7-17(23)8-4-15)24-18-9-11-19(12-10-18)25(27)28/h1-12,20-21,24,26H,13H2. The summed E-state index contributed by atoms with van der Waals surface area (Å²) in [6.07, 6.45) is -0.517. The number of benzene rings is 3. The second kappa shape index (κ2) is 8.82. The number of nitro benzene ring substituents is 1. The van der Waals surface area contributed by atoms with E-state index >= 15 is 0 Å². The summed E-state index contributed by atoms with van der Waals surface area (Å²) in [6, 6.07) is 18.7. The Bertz CT molecular complexity index is 931. The SMILES string of the molecule is O=[N+]([O-])c1ccc(NC(CC(O)c2ccc(F)cc2)c2ccc(Cl)cc2)cc1. The maximum Gasteiger partial charge on any atom is 0.269 e. The van der Waals surface area contributed by atoms with Crippen LogP contribution in [0.4, 0.5) is 15.8 Å². The van der Waals surface area contributed by atoms with Crippen LogP contribution in [0.5, 0.6) is 0 Å². The van der Waals surface area contributed by atoms with Crippen molar-refractivity contribution in [2.24, 2.45) is 0 Å². The van der Waals surface area contributed by atoms with Crippen molar-refractivity contribution in [1.29, 1.82) is 0 Å². The number of halogens is 2. The van der Waals surface area contributed by atoms with Gasteiger partial charge in [0.25, 0.3) is 5.69 Å². The Hall–Kier alpha value is -2.96. The number of non-ortho nitro benzene ring substituents is 1. The Balaban J connectivity index is 1.83. The van der Waals surface area contributed by atoms with E-state index in [1.54, 1.807) is 36.4 Å². The van der Waals surface area contributed by atoms with E-state index in [-0.39, 0.29) is 17.5 Å². The zero-order valence-corrected chi connectivity index (χ0v) is 15.5. The maximum absolute atomic E-state index is 13.1. The normalized spacial score (nSPS) is 13.0. The molecule has 0 aliphatic heterocycles. The fourth-order valence-electron chi connectivity index (χ4n) is 2.90. The van der Waals surface area contributed by atoms with Gasteiger partial charge in [0.1, 0.15) is 5.82 Å². The van der Waals surface area contributed by atoms with Crippen LogP contribution < -0.4 is 5.32 Å². The Labute approximate surface area is 166 Å². The molecule has 0 aliphatic rings. The quantitative estimate of drug-likeness (QED) is 0.396. The lowest BCUT2D eigenvalue weighted by Gasteiger charge is -2.23. The number of nitrogens with zero attached hydrogens (tertiary/aromatic N) is 1. The molecule has 28 heavy (non-hydrogen) atoms. The molecule has 0 aliphatic carbocycles. The van der Waals surface area contributed by atoms with Crippen molar-refractivity contribution >= 4 is 23.0 Å². The average molecular weight is 401 g/mol. The molecule has 0 fully saturated rings. The molecule has 0 radical (unpaired) electrons. The van der Waals surface area contributed by atoms with Crippen molar-refractivity contribution in [3.8, 4) is 0 Å². The van der Waals surface area contributed by atoms with E-state index < -0.39 is 11.0 Å². The molecule has 5 nitrogen and oxygen atoms in total. The smallest absolute Gasteiger partial charge is 0.269 e. The average Bonchev–Trinajstić information content (AvgIpc) is 2.69. The van der Waals surface area contributed by atoms with Gasteiger partial charge < -0.3 is 10.4 Å². The Morgan fingerprint density at radius 2 is 1.54 bits per heavy atom. The summed E-state index contributed by atoms with van der Waals surface area (Å²) in [6.45, 7) is 0. The van der Waals surface area contributed by atoms with Crippen molar-refractivity contribution < 1.29 is 14.4 Å². The zero-order valence-electron chi connectivity index (χ0n) is 14.8. The molecule has 3 aromatic carbocycles. The van der Waals surface area contributed by atoms with Gasteiger partial charge in [-0.15, -0.1) is 0 Å². The van der Waals surface area contributed by atoms with Gasteiger partial charge in [-0.3, -0.25) is 10.1 Å². The van der Waals surface area contributed by atoms with Gasteiger partial charge in [-0.2, -0.15) is 0 Å². The molecule has 0 aromatic heterocycles. The number of hydrogen-bond donors (Lipinski definition) is 2. The second-order valence-electron chi connectivity index (χ2n) is 6.36. The Morgan fingerprint density at radius 1 is 0.964 bits per heavy atom. The lowest BCUT2D eigenvalue weighted by Crippen LogP contribution is -2.15. The topological polar surface area (TPSA) is 75.4 Å². The number of anilines is 1. The highest BCUT2D eigenvalue weighted by Gasteiger charge is 2.19. The van der Waals surface area contributed by atoms with Gasteiger partial charge in [-0.1, -0.05) is 35.9 Å². The molecular formula is C21H18ClFN2O3. The Morgan fingerprint density at radius 3 is 2.11 bits per heavy atom. The molecule has 0 bridgehead atoms. The highest BCUT2D eigenvalue weighted by atomic mass is 35.5. The van der Waals surface area contributed by atoms with Crippen LogP contribution in [-0.4, -0.2) is 10.0 Å². The third kappa shape index (κ3) is 5.06. The van der Waals surface area contributed by atoms with Gasteiger partial charge in [0.15, 0.2) is 0 Å². The Kier molecular flexibility index (Phi) is 6.23. The van der Waals surface area contributed by atoms with E-state index in [0.29, 0.717) is 22.7 Å². The van der Waals surface area contributed by atoms with Crippen molar-refractivity contribution in [2.75, 3.05) is 5.32 Å². The molecule has 2 unspecified atom stereocenters. The van der Waals surface area contributed by atoms with E-state index in [1.807, 2.05) is 12.1 Å². The van der Waals surface area contributed by atoms with Crippen LogP contribution in [0, 0.1) is 15.9 Å². The van der Waals surface area contributed by atoms with Gasteiger partial charge in [0.05, 0.1) is 17.1 Å². The predicted octanol–water partition coefficient (Wildman–Crippen LogP) is 5.66. The first-order valence-electron chi connectivity index (χ1n) is 8.62. The molecule has 0 saturated carbocycles. The van der Waals surface area contributed by atoms with Crippen LogP contribution in [0.25, 0.3) is 0 Å². The summed E-state index contributed by atoms with van der Waals surface area (Å²) in [5, 5.41) is 25.3. The summed E-state index contributed by atoms with van der Waals surface area (Å²) >= 11 is 5.97. The van der Waals surface area contributed by atoms with Gasteiger partial charge in [-0.05, 0) is 47.5 Å². The van der Waals surface area contributed by atoms with Crippen LogP contribution in [0.15, 0.2) is 72.8 Å². The molecule has 2 atom stereocenters. The fraction of sp³-hybridized carbons (Fsp3) is 0.143. The van der Waals surface area contributed by atoms with E-state index in [0.717, 1.165) is 5.56 Å². The minimum atomic E-state index is -0.827. The van der Waals surface area contributed by atoms with E-state index in [4.69, 9.17) is 11.6 Å². The minimum absolute atomic E-state index is 0.0000557. The number of nitro groups is 1. The second-order valence-corrected chi connectivity index (χ2v) is 6.79. The van der Waals surface area contributed by atoms with Crippen molar-refractivity contribution in [1.82, 2.24) is 0 Å². The summed E-state index contributed by atoms with van der Waals surface area (Å²) in [7, 11) is 0. The minimum Gasteiger partial charge on any atom is -0.388 e. The molecule has 0 heterocycles. The molecule has 0 saturated heterocycles. The van der Waals surface area contributed by atoms with E-state index in [2.05, 4.69) is 5.32 Å². The van der Waals surface area contributed by atoms with Gasteiger partial charge in [0.2, 0.25) is 0 Å². The number of nitrogens with one attached hydrogen (secondary N) is 1. The van der Waals surface area contributed by atoms with E-state index in [1.165, 1.54) is 24.3 Å². The number of rotatable bonds is 7. The number of aliphatic hydroxyl groups excluding tert-OH is 1. The van der Waals surface area contributed by atoms with Crippen LogP contribution in [0.3, 0.4) is 0 Å². The zero-order chi connectivity index (χ0) is 20.1. The van der Waals surface area contributed by atoms with Gasteiger partial charge in [0, 0.05) is 29.3 Å². The monoisotopic (exact) mass is 400 g/mol. The lowest BCUT2D eigenvalue weighted by molar-refractivity contribution is -0.384. The highest BCUT2D eigenvalue weighted by molar-refractivity contribution is 6.30. The molecule has 0 amide bonds. The summed E-state index contributed by atoms with van der Waals surface area (Å²) < 4.78 is 13.1. The molecule has 3 aromatic rings. The van der Waals surface area contributed by atoms with E-state index in [9.17, 15) is 19.6 Å². The number of hydrogen-bond acceptors (Lipinski definition) is 4. The van der Waals surface area contributed by atoms with Crippen molar-refractivity contribution in [2.45, 2.75) is 18.6 Å². The predicted molar refractivity (Wildman–Crippen MR) is 107 cm³/mol. The molecule has 0 spiro atoms. The highest BCUT2D eigenvalue weighted by Crippen LogP contribution is 2.31. The fourth-order valence-corrected chi connectivity index (χ4v) is 3.02. The third-order valence-corrected chi connectivity index (χ3v) is 4.66. The molecule has 3 rings (SSSR count). The summed E-state index contributed by atoms with van der Waals surface area (Å²) in [4.78, 5) is 10.4. The van der Waals surface area contributed by atoms with Crippen molar-refractivity contribution in [3.05, 3.63) is 105 Å². The molecular weight excluding hydrogens is 383 g/mol. The number of aliphatic hydroxyl groups is 1. The van der Waals surface area contributed by atoms with Gasteiger partial charge in [-0.25, -0.2) is 4.39 Å². The maximum atomic E-state index is 13.1. The largest absolute Gasteiger partial charge is 0.388 e. The lowest BCUT2D eigenvalue weighted by atomic mass is 9.96. The van der Waals surface area contributed by atoms with Gasteiger partial charge >= 0.3 is 0 Å². The molecule has 7 heteroatoms. The molecule has 144 valence electrons. The van der Waals surface area contributed by atoms with Crippen LogP contribution in [-0.2, 0) is 0 Å². The van der Waals surface area contributed by atoms with Crippen LogP contribution >= 0.6 is 11.6 Å². The summed E-state index contributed by atoms with van der Waals surface area (Å²) in [5.74, 6) is -0.366. The third-order valence-electron chi connectivity index (χ3n) is 4.41. The molecule has 2 N–H and O–H groups in total. The summed E-state index contributed by atoms with van der Waals surface area (Å²) in [5.41, 5.74) is 2.17. The van der Waals surface area contributed by atoms with Crippen molar-refractivity contribution in [3.63, 3.8) is 0 Å².